The number of sulfonamides is 1. The van der Waals surface area contributed by atoms with E-state index in [1.165, 1.54) is 13.2 Å². The van der Waals surface area contributed by atoms with Gasteiger partial charge >= 0.3 is 0 Å². The molecule has 0 radical (unpaired) electrons. The van der Waals surface area contributed by atoms with Gasteiger partial charge in [-0.3, -0.25) is 9.10 Å². The van der Waals surface area contributed by atoms with Gasteiger partial charge in [0, 0.05) is 6.54 Å². The van der Waals surface area contributed by atoms with Crippen LogP contribution < -0.4 is 14.4 Å². The molecular formula is C23H25ClN2O4S. The van der Waals surface area contributed by atoms with Crippen LogP contribution in [-0.2, 0) is 21.4 Å². The molecule has 8 heteroatoms. The first kappa shape index (κ1) is 22.9. The Balaban J connectivity index is 1.83. The quantitative estimate of drug-likeness (QED) is 0.541. The van der Waals surface area contributed by atoms with Gasteiger partial charge in [-0.25, -0.2) is 8.42 Å². The van der Waals surface area contributed by atoms with Crippen LogP contribution in [0.15, 0.2) is 60.7 Å². The summed E-state index contributed by atoms with van der Waals surface area (Å²) in [6.45, 7) is 2.06. The maximum Gasteiger partial charge on any atom is 0.244 e. The Morgan fingerprint density at radius 2 is 1.81 bits per heavy atom. The van der Waals surface area contributed by atoms with Gasteiger partial charge in [0.25, 0.3) is 0 Å². The second-order valence-electron chi connectivity index (χ2n) is 7.20. The minimum atomic E-state index is -3.75. The molecule has 1 N–H and O–H groups in total. The third-order valence-corrected chi connectivity index (χ3v) is 6.48. The molecule has 1 amide bonds. The molecule has 0 heterocycles. The number of hydrogen-bond acceptors (Lipinski definition) is 4. The molecule has 6 nitrogen and oxygen atoms in total. The number of benzene rings is 3. The number of hydrogen-bond donors (Lipinski definition) is 1. The Bertz CT molecular complexity index is 1200. The number of fused-ring (bicyclic) bond motifs is 1. The molecule has 0 aromatic heterocycles. The molecule has 31 heavy (non-hydrogen) atoms. The average molecular weight is 461 g/mol. The number of methoxy groups -OCH3 is 1. The Hall–Kier alpha value is -2.77. The fraction of sp³-hybridized carbons (Fsp3) is 0.261. The Morgan fingerprint density at radius 3 is 2.42 bits per heavy atom. The van der Waals surface area contributed by atoms with Crippen molar-refractivity contribution >= 4 is 44.0 Å². The highest BCUT2D eigenvalue weighted by Crippen LogP contribution is 2.31. The van der Waals surface area contributed by atoms with Crippen molar-refractivity contribution < 1.29 is 17.9 Å². The van der Waals surface area contributed by atoms with E-state index in [9.17, 15) is 13.2 Å². The van der Waals surface area contributed by atoms with Crippen molar-refractivity contribution in [2.45, 2.75) is 25.9 Å². The molecule has 3 aromatic carbocycles. The zero-order valence-corrected chi connectivity index (χ0v) is 19.2. The molecule has 0 fully saturated rings. The minimum absolute atomic E-state index is 0.264. The van der Waals surface area contributed by atoms with E-state index in [1.807, 2.05) is 42.5 Å². The highest BCUT2D eigenvalue weighted by Gasteiger charge is 2.31. The topological polar surface area (TPSA) is 75.7 Å². The SMILES string of the molecule is CCC(C(=O)NCc1ccc2ccccc2c1)N(c1ccc(OC)c(Cl)c1)S(C)(=O)=O. The van der Waals surface area contributed by atoms with Crippen LogP contribution in [0.3, 0.4) is 0 Å². The number of ether oxygens (including phenoxy) is 1. The van der Waals surface area contributed by atoms with Gasteiger partial charge in [0.1, 0.15) is 11.8 Å². The normalized spacial score (nSPS) is 12.4. The zero-order valence-electron chi connectivity index (χ0n) is 17.6. The predicted molar refractivity (Wildman–Crippen MR) is 125 cm³/mol. The first-order valence-electron chi connectivity index (χ1n) is 9.83. The van der Waals surface area contributed by atoms with Crippen molar-refractivity contribution in [1.29, 1.82) is 0 Å². The smallest absolute Gasteiger partial charge is 0.244 e. The minimum Gasteiger partial charge on any atom is -0.495 e. The molecule has 0 spiro atoms. The number of carbonyl (C=O) groups is 1. The standard InChI is InChI=1S/C23H25ClN2O4S/c1-4-21(26(31(3,28)29)19-11-12-22(30-2)20(24)14-19)23(27)25-15-16-9-10-17-7-5-6-8-18(17)13-16/h5-14,21H,4,15H2,1-3H3,(H,25,27). The van der Waals surface area contributed by atoms with Crippen molar-refractivity contribution in [2.75, 3.05) is 17.7 Å². The second-order valence-corrected chi connectivity index (χ2v) is 9.47. The number of nitrogens with zero attached hydrogens (tertiary/aromatic N) is 1. The molecule has 0 aliphatic heterocycles. The molecule has 0 bridgehead atoms. The third-order valence-electron chi connectivity index (χ3n) is 5.00. The van der Waals surface area contributed by atoms with E-state index < -0.39 is 16.1 Å². The third kappa shape index (κ3) is 5.29. The number of amides is 1. The number of rotatable bonds is 8. The number of carbonyl (C=O) groups excluding carboxylic acids is 1. The van der Waals surface area contributed by atoms with Crippen molar-refractivity contribution in [3.05, 3.63) is 71.2 Å². The first-order chi connectivity index (χ1) is 14.7. The van der Waals surface area contributed by atoms with Crippen molar-refractivity contribution in [3.63, 3.8) is 0 Å². The number of nitrogens with one attached hydrogen (secondary N) is 1. The summed E-state index contributed by atoms with van der Waals surface area (Å²) in [6, 6.07) is 17.6. The molecular weight excluding hydrogens is 436 g/mol. The molecule has 164 valence electrons. The van der Waals surface area contributed by atoms with E-state index in [0.717, 1.165) is 26.9 Å². The molecule has 3 aromatic rings. The summed E-state index contributed by atoms with van der Waals surface area (Å²) in [6.07, 6.45) is 1.37. The lowest BCUT2D eigenvalue weighted by Gasteiger charge is -2.30. The van der Waals surface area contributed by atoms with Crippen LogP contribution >= 0.6 is 11.6 Å². The lowest BCUT2D eigenvalue weighted by Crippen LogP contribution is -2.49. The molecule has 0 aliphatic rings. The average Bonchev–Trinajstić information content (AvgIpc) is 2.74. The van der Waals surface area contributed by atoms with E-state index in [1.54, 1.807) is 19.1 Å². The molecule has 0 saturated heterocycles. The summed E-state index contributed by atoms with van der Waals surface area (Å²) in [7, 11) is -2.27. The maximum absolute atomic E-state index is 13.0. The van der Waals surface area contributed by atoms with E-state index >= 15 is 0 Å². The summed E-state index contributed by atoms with van der Waals surface area (Å²) in [4.78, 5) is 13.0. The van der Waals surface area contributed by atoms with Gasteiger partial charge in [-0.1, -0.05) is 54.9 Å². The lowest BCUT2D eigenvalue weighted by atomic mass is 10.1. The van der Waals surface area contributed by atoms with Crippen LogP contribution in [-0.4, -0.2) is 33.7 Å². The van der Waals surface area contributed by atoms with Crippen LogP contribution in [0.1, 0.15) is 18.9 Å². The van der Waals surface area contributed by atoms with Gasteiger partial charge in [0.15, 0.2) is 0 Å². The van der Waals surface area contributed by atoms with Crippen molar-refractivity contribution in [3.8, 4) is 5.75 Å². The van der Waals surface area contributed by atoms with Crippen LogP contribution in [0.2, 0.25) is 5.02 Å². The second kappa shape index (κ2) is 9.58. The van der Waals surface area contributed by atoms with Gasteiger partial charge in [-0.05, 0) is 47.0 Å². The van der Waals surface area contributed by atoms with E-state index in [4.69, 9.17) is 16.3 Å². The summed E-state index contributed by atoms with van der Waals surface area (Å²) < 4.78 is 31.4. The zero-order chi connectivity index (χ0) is 22.6. The van der Waals surface area contributed by atoms with Gasteiger partial charge in [0.05, 0.1) is 24.1 Å². The molecule has 3 rings (SSSR count). The molecule has 1 atom stereocenters. The predicted octanol–water partition coefficient (Wildman–Crippen LogP) is 4.36. The fourth-order valence-electron chi connectivity index (χ4n) is 3.51. The fourth-order valence-corrected chi connectivity index (χ4v) is 4.96. The first-order valence-corrected chi connectivity index (χ1v) is 12.1. The largest absolute Gasteiger partial charge is 0.495 e. The molecule has 0 saturated carbocycles. The molecule has 0 aliphatic carbocycles. The van der Waals surface area contributed by atoms with Gasteiger partial charge in [-0.15, -0.1) is 0 Å². The highest BCUT2D eigenvalue weighted by molar-refractivity contribution is 7.92. The number of anilines is 1. The summed E-state index contributed by atoms with van der Waals surface area (Å²) >= 11 is 6.19. The monoisotopic (exact) mass is 460 g/mol. The van der Waals surface area contributed by atoms with Crippen molar-refractivity contribution in [1.82, 2.24) is 5.32 Å². The van der Waals surface area contributed by atoms with E-state index in [-0.39, 0.29) is 10.9 Å². The Labute approximate surface area is 187 Å². The summed E-state index contributed by atoms with van der Waals surface area (Å²) in [5.41, 5.74) is 1.24. The van der Waals surface area contributed by atoms with Gasteiger partial charge < -0.3 is 10.1 Å². The Morgan fingerprint density at radius 1 is 1.10 bits per heavy atom. The maximum atomic E-state index is 13.0. The Kier molecular flexibility index (Phi) is 7.08. The molecule has 1 unspecified atom stereocenters. The van der Waals surface area contributed by atoms with Crippen LogP contribution in [0.4, 0.5) is 5.69 Å². The van der Waals surface area contributed by atoms with Crippen molar-refractivity contribution in [2.24, 2.45) is 0 Å². The lowest BCUT2D eigenvalue weighted by molar-refractivity contribution is -0.122. The number of halogens is 1. The van der Waals surface area contributed by atoms with Gasteiger partial charge in [0.2, 0.25) is 15.9 Å². The van der Waals surface area contributed by atoms with Crippen LogP contribution in [0.5, 0.6) is 5.75 Å². The van der Waals surface area contributed by atoms with Crippen LogP contribution in [0.25, 0.3) is 10.8 Å². The van der Waals surface area contributed by atoms with Crippen LogP contribution in [0, 0.1) is 0 Å². The van der Waals surface area contributed by atoms with Gasteiger partial charge in [-0.2, -0.15) is 0 Å². The van der Waals surface area contributed by atoms with E-state index in [0.29, 0.717) is 24.4 Å². The summed E-state index contributed by atoms with van der Waals surface area (Å²) in [5.74, 6) is 0.0423. The highest BCUT2D eigenvalue weighted by atomic mass is 35.5. The van der Waals surface area contributed by atoms with E-state index in [2.05, 4.69) is 5.32 Å². The summed E-state index contributed by atoms with van der Waals surface area (Å²) in [5, 5.41) is 5.33.